The topological polar surface area (TPSA) is 26.3 Å². The fourth-order valence-corrected chi connectivity index (χ4v) is 0.903. The summed E-state index contributed by atoms with van der Waals surface area (Å²) >= 11 is 0. The number of unbranched alkanes of at least 4 members (excludes halogenated alkanes) is 2. The van der Waals surface area contributed by atoms with Gasteiger partial charge in [0.05, 0.1) is 6.61 Å². The molecule has 2 radical (unpaired) electrons. The first-order valence-electron chi connectivity index (χ1n) is 5.07. The molecule has 0 unspecified atom stereocenters. The molecule has 0 atom stereocenters. The summed E-state index contributed by atoms with van der Waals surface area (Å²) in [4.78, 5) is 11.2. The van der Waals surface area contributed by atoms with Crippen LogP contribution < -0.4 is 0 Å². The standard InChI is InChI=1S/C11H20O2.Sn.2H/c1-4-6-8-10(3)11(12)13-9-7-5-2;;;/h3-9H2,1-2H3;;;. The second-order valence-corrected chi connectivity index (χ2v) is 3.20. The second-order valence-electron chi connectivity index (χ2n) is 3.20. The third-order valence-electron chi connectivity index (χ3n) is 1.85. The molecule has 0 bridgehead atoms. The summed E-state index contributed by atoms with van der Waals surface area (Å²) in [5.74, 6) is -0.220. The van der Waals surface area contributed by atoms with Crippen molar-refractivity contribution in [3.05, 3.63) is 12.2 Å². The van der Waals surface area contributed by atoms with E-state index in [1.165, 1.54) is 0 Å². The van der Waals surface area contributed by atoms with Gasteiger partial charge in [0.2, 0.25) is 0 Å². The SMILES string of the molecule is C=C(CCCC)C(=O)OCCCC.[SnH2]. The van der Waals surface area contributed by atoms with E-state index < -0.39 is 0 Å². The molecule has 82 valence electrons. The van der Waals surface area contributed by atoms with Crippen LogP contribution in [0.2, 0.25) is 0 Å². The molecule has 0 aromatic rings. The average molecular weight is 305 g/mol. The van der Waals surface area contributed by atoms with Crippen molar-refractivity contribution in [1.82, 2.24) is 0 Å². The van der Waals surface area contributed by atoms with E-state index in [-0.39, 0.29) is 29.9 Å². The Balaban J connectivity index is 0. The maximum atomic E-state index is 11.2. The van der Waals surface area contributed by atoms with Gasteiger partial charge in [0.25, 0.3) is 0 Å². The first-order chi connectivity index (χ1) is 6.22. The van der Waals surface area contributed by atoms with Gasteiger partial charge in [-0.15, -0.1) is 0 Å². The number of carbonyl (C=O) groups is 1. The molecule has 0 rings (SSSR count). The van der Waals surface area contributed by atoms with Crippen molar-refractivity contribution in [3.63, 3.8) is 0 Å². The van der Waals surface area contributed by atoms with Crippen molar-refractivity contribution >= 4 is 29.9 Å². The monoisotopic (exact) mass is 306 g/mol. The molecule has 0 fully saturated rings. The molecule has 0 aromatic carbocycles. The van der Waals surface area contributed by atoms with Gasteiger partial charge in [0.15, 0.2) is 0 Å². The van der Waals surface area contributed by atoms with E-state index in [0.29, 0.717) is 12.2 Å². The molecule has 0 aliphatic rings. The fourth-order valence-electron chi connectivity index (χ4n) is 0.903. The van der Waals surface area contributed by atoms with Crippen LogP contribution in [0, 0.1) is 0 Å². The quantitative estimate of drug-likeness (QED) is 0.312. The third-order valence-corrected chi connectivity index (χ3v) is 1.85. The molecule has 0 saturated heterocycles. The summed E-state index contributed by atoms with van der Waals surface area (Å²) in [6, 6.07) is 0. The van der Waals surface area contributed by atoms with Gasteiger partial charge in [0.1, 0.15) is 0 Å². The van der Waals surface area contributed by atoms with Gasteiger partial charge in [-0.2, -0.15) is 0 Å². The van der Waals surface area contributed by atoms with E-state index in [1.54, 1.807) is 0 Å². The van der Waals surface area contributed by atoms with Gasteiger partial charge >= 0.3 is 29.9 Å². The molecule has 0 N–H and O–H groups in total. The molecule has 0 saturated carbocycles. The van der Waals surface area contributed by atoms with Crippen LogP contribution in [0.4, 0.5) is 0 Å². The molecule has 3 heteroatoms. The third kappa shape index (κ3) is 8.60. The van der Waals surface area contributed by atoms with Crippen LogP contribution in [0.15, 0.2) is 12.2 Å². The van der Waals surface area contributed by atoms with Crippen molar-refractivity contribution in [2.24, 2.45) is 0 Å². The summed E-state index contributed by atoms with van der Waals surface area (Å²) in [5.41, 5.74) is 0.609. The summed E-state index contributed by atoms with van der Waals surface area (Å²) in [7, 11) is 0. The number of esters is 1. The van der Waals surface area contributed by atoms with E-state index >= 15 is 0 Å². The van der Waals surface area contributed by atoms with Crippen molar-refractivity contribution < 1.29 is 9.53 Å². The number of ether oxygens (including phenoxy) is 1. The normalized spacial score (nSPS) is 9.00. The number of hydrogen-bond donors (Lipinski definition) is 0. The Hall–Kier alpha value is 0.00870. The van der Waals surface area contributed by atoms with Gasteiger partial charge in [0, 0.05) is 5.57 Å². The first kappa shape index (κ1) is 16.4. The predicted molar refractivity (Wildman–Crippen MR) is 63.1 cm³/mol. The van der Waals surface area contributed by atoms with Crippen LogP contribution in [-0.2, 0) is 9.53 Å². The van der Waals surface area contributed by atoms with Crippen LogP contribution in [0.3, 0.4) is 0 Å². The van der Waals surface area contributed by atoms with E-state index in [0.717, 1.165) is 32.1 Å². The predicted octanol–water partition coefficient (Wildman–Crippen LogP) is 2.16. The molecule has 0 spiro atoms. The number of rotatable bonds is 7. The van der Waals surface area contributed by atoms with Gasteiger partial charge < -0.3 is 4.74 Å². The Kier molecular flexibility index (Phi) is 13.0. The van der Waals surface area contributed by atoms with Gasteiger partial charge in [-0.05, 0) is 19.3 Å². The zero-order valence-corrected chi connectivity index (χ0v) is 13.5. The van der Waals surface area contributed by atoms with Gasteiger partial charge in [-0.1, -0.05) is 33.3 Å². The summed E-state index contributed by atoms with van der Waals surface area (Å²) in [6.07, 6.45) is 4.85. The Morgan fingerprint density at radius 1 is 1.21 bits per heavy atom. The molecule has 0 heterocycles. The number of carbonyl (C=O) groups excluding carboxylic acids is 1. The van der Waals surface area contributed by atoms with Crippen LogP contribution in [0.1, 0.15) is 46.0 Å². The number of hydrogen-bond acceptors (Lipinski definition) is 2. The summed E-state index contributed by atoms with van der Waals surface area (Å²) in [5, 5.41) is 0. The van der Waals surface area contributed by atoms with Crippen molar-refractivity contribution in [1.29, 1.82) is 0 Å². The second kappa shape index (κ2) is 11.1. The molecule has 0 aliphatic carbocycles. The van der Waals surface area contributed by atoms with Crippen molar-refractivity contribution in [2.45, 2.75) is 46.0 Å². The Morgan fingerprint density at radius 3 is 2.29 bits per heavy atom. The molecule has 14 heavy (non-hydrogen) atoms. The van der Waals surface area contributed by atoms with Crippen LogP contribution in [0.5, 0.6) is 0 Å². The van der Waals surface area contributed by atoms with E-state index in [2.05, 4.69) is 20.4 Å². The van der Waals surface area contributed by atoms with E-state index in [1.807, 2.05) is 0 Å². The van der Waals surface area contributed by atoms with Crippen LogP contribution in [0.25, 0.3) is 0 Å². The van der Waals surface area contributed by atoms with Gasteiger partial charge in [-0.3, -0.25) is 0 Å². The zero-order chi connectivity index (χ0) is 10.1. The summed E-state index contributed by atoms with van der Waals surface area (Å²) < 4.78 is 5.00. The van der Waals surface area contributed by atoms with Crippen molar-refractivity contribution in [2.75, 3.05) is 6.61 Å². The Bertz CT molecular complexity index is 167. The Morgan fingerprint density at radius 2 is 1.79 bits per heavy atom. The molecule has 0 aromatic heterocycles. The minimum atomic E-state index is -0.220. The zero-order valence-electron chi connectivity index (χ0n) is 9.47. The van der Waals surface area contributed by atoms with E-state index in [4.69, 9.17) is 4.74 Å². The molecular formula is C11H22O2Sn. The fraction of sp³-hybridized carbons (Fsp3) is 0.727. The van der Waals surface area contributed by atoms with E-state index in [9.17, 15) is 4.79 Å². The average Bonchev–Trinajstić information content (AvgIpc) is 2.14. The molecule has 0 aliphatic heterocycles. The maximum absolute atomic E-state index is 11.2. The first-order valence-corrected chi connectivity index (χ1v) is 5.07. The van der Waals surface area contributed by atoms with Crippen LogP contribution in [-0.4, -0.2) is 36.5 Å². The minimum absolute atomic E-state index is 0. The molecular weight excluding hydrogens is 283 g/mol. The summed E-state index contributed by atoms with van der Waals surface area (Å²) in [6.45, 7) is 8.39. The van der Waals surface area contributed by atoms with Crippen molar-refractivity contribution in [3.8, 4) is 0 Å². The van der Waals surface area contributed by atoms with Crippen LogP contribution >= 0.6 is 0 Å². The van der Waals surface area contributed by atoms with Gasteiger partial charge in [-0.25, -0.2) is 4.79 Å². The molecule has 2 nitrogen and oxygen atoms in total. The Labute approximate surface area is 104 Å². The molecule has 0 amide bonds.